The molecule has 4 atom stereocenters. The van der Waals surface area contributed by atoms with Crippen LogP contribution in [-0.2, 0) is 9.59 Å². The highest BCUT2D eigenvalue weighted by Crippen LogP contribution is 2.46. The maximum Gasteiger partial charge on any atom is 0.325 e. The molecule has 3 fully saturated rings. The molecule has 160 valence electrons. The van der Waals surface area contributed by atoms with Crippen molar-refractivity contribution in [2.45, 2.75) is 71.4 Å². The summed E-state index contributed by atoms with van der Waals surface area (Å²) in [6, 6.07) is -0.447. The van der Waals surface area contributed by atoms with Crippen LogP contribution in [0.2, 0.25) is 0 Å². The second kappa shape index (κ2) is 8.19. The highest BCUT2D eigenvalue weighted by molar-refractivity contribution is 6.09. The van der Waals surface area contributed by atoms with Crippen LogP contribution in [0.3, 0.4) is 0 Å². The van der Waals surface area contributed by atoms with Gasteiger partial charge in [0.25, 0.3) is 5.91 Å². The highest BCUT2D eigenvalue weighted by Gasteiger charge is 2.56. The molecule has 4 amide bonds. The van der Waals surface area contributed by atoms with Crippen molar-refractivity contribution in [3.05, 3.63) is 0 Å². The summed E-state index contributed by atoms with van der Waals surface area (Å²) in [4.78, 5) is 41.6. The van der Waals surface area contributed by atoms with Gasteiger partial charge in [0.1, 0.15) is 12.1 Å². The zero-order valence-electron chi connectivity index (χ0n) is 17.5. The quantitative estimate of drug-likeness (QED) is 0.691. The molecule has 0 aromatic rings. The summed E-state index contributed by atoms with van der Waals surface area (Å²) in [6.07, 6.45) is 4.08. The number of nitrogens with two attached hydrogens (primary N) is 1. The van der Waals surface area contributed by atoms with Crippen LogP contribution in [-0.4, -0.2) is 58.9 Å². The highest BCUT2D eigenvalue weighted by atomic mass is 35.5. The van der Waals surface area contributed by atoms with Gasteiger partial charge < -0.3 is 16.0 Å². The van der Waals surface area contributed by atoms with Gasteiger partial charge in [-0.1, -0.05) is 27.7 Å². The summed E-state index contributed by atoms with van der Waals surface area (Å²) in [7, 11) is 0. The number of carbonyl (C=O) groups excluding carboxylic acids is 3. The van der Waals surface area contributed by atoms with E-state index < -0.39 is 11.6 Å². The summed E-state index contributed by atoms with van der Waals surface area (Å²) in [5.41, 5.74) is 4.98. The first-order chi connectivity index (χ1) is 12.6. The van der Waals surface area contributed by atoms with Gasteiger partial charge in [0.15, 0.2) is 0 Å². The Balaban J connectivity index is 0.00000280. The molecule has 0 aromatic carbocycles. The predicted molar refractivity (Wildman–Crippen MR) is 110 cm³/mol. The van der Waals surface area contributed by atoms with Gasteiger partial charge in [-0.3, -0.25) is 14.5 Å². The van der Waals surface area contributed by atoms with E-state index in [2.05, 4.69) is 33.0 Å². The van der Waals surface area contributed by atoms with Crippen LogP contribution in [0.25, 0.3) is 0 Å². The second-order valence-electron chi connectivity index (χ2n) is 9.86. The molecule has 3 N–H and O–H groups in total. The van der Waals surface area contributed by atoms with Gasteiger partial charge in [-0.25, -0.2) is 4.79 Å². The Morgan fingerprint density at radius 1 is 1.21 bits per heavy atom. The molecule has 1 saturated carbocycles. The molecule has 4 unspecified atom stereocenters. The summed E-state index contributed by atoms with van der Waals surface area (Å²) < 4.78 is 0. The van der Waals surface area contributed by atoms with Crippen LogP contribution in [0, 0.1) is 17.3 Å². The molecule has 0 bridgehead atoms. The number of hydrogen-bond donors (Lipinski definition) is 2. The average Bonchev–Trinajstić information content (AvgIpc) is 2.76. The van der Waals surface area contributed by atoms with Gasteiger partial charge in [-0.05, 0) is 49.4 Å². The molecular formula is C20H35ClN4O3. The Labute approximate surface area is 174 Å². The normalized spacial score (nSPS) is 35.0. The molecule has 7 nitrogen and oxygen atoms in total. The van der Waals surface area contributed by atoms with Crippen LogP contribution in [0.4, 0.5) is 4.79 Å². The Hall–Kier alpha value is -1.34. The minimum atomic E-state index is -0.859. The molecule has 2 saturated heterocycles. The Bertz CT molecular complexity index is 641. The lowest BCUT2D eigenvalue weighted by Gasteiger charge is -2.44. The number of rotatable bonds is 3. The van der Waals surface area contributed by atoms with Crippen molar-refractivity contribution in [1.82, 2.24) is 15.1 Å². The van der Waals surface area contributed by atoms with Gasteiger partial charge in [0, 0.05) is 19.1 Å². The van der Waals surface area contributed by atoms with E-state index in [9.17, 15) is 14.4 Å². The number of urea groups is 1. The van der Waals surface area contributed by atoms with E-state index in [-0.39, 0.29) is 42.2 Å². The average molecular weight is 415 g/mol. The van der Waals surface area contributed by atoms with E-state index in [1.165, 1.54) is 0 Å². The SMILES string of the molecule is CC1CCN(C(=O)CN2C(=O)NC3(CC(C)CC(C)(C)C3)C2=O)C(CN)C1.Cl. The van der Waals surface area contributed by atoms with Crippen molar-refractivity contribution in [1.29, 1.82) is 0 Å². The van der Waals surface area contributed by atoms with E-state index in [4.69, 9.17) is 5.73 Å². The lowest BCUT2D eigenvalue weighted by Crippen LogP contribution is -2.55. The fourth-order valence-corrected chi connectivity index (χ4v) is 5.68. The first-order valence-corrected chi connectivity index (χ1v) is 10.2. The van der Waals surface area contributed by atoms with Crippen molar-refractivity contribution in [3.8, 4) is 0 Å². The monoisotopic (exact) mass is 414 g/mol. The third-order valence-corrected chi connectivity index (χ3v) is 6.49. The molecule has 1 aliphatic carbocycles. The molecule has 28 heavy (non-hydrogen) atoms. The number of nitrogens with one attached hydrogen (secondary N) is 1. The number of imide groups is 1. The lowest BCUT2D eigenvalue weighted by atomic mass is 9.64. The van der Waals surface area contributed by atoms with Gasteiger partial charge in [-0.15, -0.1) is 12.4 Å². The number of piperidine rings is 1. The summed E-state index contributed by atoms with van der Waals surface area (Å²) in [6.45, 7) is 9.42. The Morgan fingerprint density at radius 3 is 2.50 bits per heavy atom. The van der Waals surface area contributed by atoms with E-state index >= 15 is 0 Å². The molecule has 3 rings (SSSR count). The van der Waals surface area contributed by atoms with Crippen molar-refractivity contribution in [2.24, 2.45) is 23.0 Å². The first-order valence-electron chi connectivity index (χ1n) is 10.2. The molecule has 3 aliphatic rings. The van der Waals surface area contributed by atoms with E-state index in [0.29, 0.717) is 37.8 Å². The first kappa shape index (κ1) is 22.9. The maximum absolute atomic E-state index is 13.2. The minimum Gasteiger partial charge on any atom is -0.337 e. The van der Waals surface area contributed by atoms with Gasteiger partial charge in [0.2, 0.25) is 5.91 Å². The van der Waals surface area contributed by atoms with Crippen LogP contribution in [0.15, 0.2) is 0 Å². The zero-order valence-corrected chi connectivity index (χ0v) is 18.3. The maximum atomic E-state index is 13.2. The van der Waals surface area contributed by atoms with Crippen molar-refractivity contribution in [3.63, 3.8) is 0 Å². The lowest BCUT2D eigenvalue weighted by molar-refractivity contribution is -0.142. The molecule has 0 radical (unpaired) electrons. The smallest absolute Gasteiger partial charge is 0.325 e. The largest absolute Gasteiger partial charge is 0.337 e. The van der Waals surface area contributed by atoms with Crippen LogP contribution >= 0.6 is 12.4 Å². The second-order valence-corrected chi connectivity index (χ2v) is 9.86. The molecule has 8 heteroatoms. The number of amides is 4. The molecule has 0 aromatic heterocycles. The number of hydrogen-bond acceptors (Lipinski definition) is 4. The van der Waals surface area contributed by atoms with Crippen molar-refractivity contribution in [2.75, 3.05) is 19.6 Å². The third kappa shape index (κ3) is 4.30. The Morgan fingerprint density at radius 2 is 1.89 bits per heavy atom. The molecule has 2 heterocycles. The summed E-state index contributed by atoms with van der Waals surface area (Å²) >= 11 is 0. The van der Waals surface area contributed by atoms with Crippen LogP contribution in [0.1, 0.15) is 59.8 Å². The number of halogens is 1. The van der Waals surface area contributed by atoms with Gasteiger partial charge in [0.05, 0.1) is 0 Å². The van der Waals surface area contributed by atoms with Crippen molar-refractivity contribution >= 4 is 30.3 Å². The zero-order chi connectivity index (χ0) is 20.0. The number of carbonyl (C=O) groups is 3. The molecular weight excluding hydrogens is 380 g/mol. The fraction of sp³-hybridized carbons (Fsp3) is 0.850. The number of likely N-dealkylation sites (tertiary alicyclic amines) is 1. The summed E-state index contributed by atoms with van der Waals surface area (Å²) in [5, 5.41) is 2.94. The van der Waals surface area contributed by atoms with Gasteiger partial charge in [-0.2, -0.15) is 0 Å². The van der Waals surface area contributed by atoms with Crippen LogP contribution < -0.4 is 11.1 Å². The van der Waals surface area contributed by atoms with E-state index in [1.807, 2.05) is 0 Å². The van der Waals surface area contributed by atoms with E-state index in [0.717, 1.165) is 24.2 Å². The topological polar surface area (TPSA) is 95.7 Å². The van der Waals surface area contributed by atoms with E-state index in [1.54, 1.807) is 4.90 Å². The standard InChI is InChI=1S/C20H34N4O3.ClH/c1-13-5-6-23(15(7-13)10-21)16(25)11-24-17(26)20(22-18(24)27)9-14(2)8-19(3,4)12-20;/h13-15H,5-12,21H2,1-4H3,(H,22,27);1H. The molecule has 2 aliphatic heterocycles. The third-order valence-electron chi connectivity index (χ3n) is 6.49. The van der Waals surface area contributed by atoms with Gasteiger partial charge >= 0.3 is 6.03 Å². The van der Waals surface area contributed by atoms with Crippen molar-refractivity contribution < 1.29 is 14.4 Å². The Kier molecular flexibility index (Phi) is 6.71. The van der Waals surface area contributed by atoms with Crippen LogP contribution in [0.5, 0.6) is 0 Å². The minimum absolute atomic E-state index is 0. The fourth-order valence-electron chi connectivity index (χ4n) is 5.68. The predicted octanol–water partition coefficient (Wildman–Crippen LogP) is 2.13. The summed E-state index contributed by atoms with van der Waals surface area (Å²) in [5.74, 6) is 0.462. The number of nitrogens with zero attached hydrogens (tertiary/aromatic N) is 2. The molecule has 1 spiro atoms.